The van der Waals surface area contributed by atoms with E-state index in [4.69, 9.17) is 16.3 Å². The lowest BCUT2D eigenvalue weighted by Crippen LogP contribution is -2.54. The van der Waals surface area contributed by atoms with Gasteiger partial charge in [-0.25, -0.2) is 0 Å². The van der Waals surface area contributed by atoms with Gasteiger partial charge in [-0.05, 0) is 134 Å². The quantitative estimate of drug-likeness (QED) is 0.0720. The summed E-state index contributed by atoms with van der Waals surface area (Å²) in [6.45, 7) is 6.18. The summed E-state index contributed by atoms with van der Waals surface area (Å²) in [5.74, 6) is 0.206. The van der Waals surface area contributed by atoms with Gasteiger partial charge in [0.1, 0.15) is 24.1 Å². The predicted molar refractivity (Wildman–Crippen MR) is 233 cm³/mol. The Kier molecular flexibility index (Phi) is 12.9. The molecule has 0 radical (unpaired) electrons. The Labute approximate surface area is 356 Å². The number of nitrogens with one attached hydrogen (secondary N) is 2. The van der Waals surface area contributed by atoms with E-state index in [1.165, 1.54) is 0 Å². The fraction of sp³-hybridized carbons (Fsp3) is 0.375. The highest BCUT2D eigenvalue weighted by Gasteiger charge is 2.45. The lowest BCUT2D eigenvalue weighted by Gasteiger charge is -2.37. The molecule has 0 bridgehead atoms. The summed E-state index contributed by atoms with van der Waals surface area (Å²) in [7, 11) is 0. The van der Waals surface area contributed by atoms with Crippen LogP contribution in [-0.2, 0) is 9.59 Å². The third-order valence-corrected chi connectivity index (χ3v) is 12.5. The molecule has 0 spiro atoms. The van der Waals surface area contributed by atoms with Gasteiger partial charge in [0.25, 0.3) is 11.8 Å². The number of amides is 4. The van der Waals surface area contributed by atoms with Crippen molar-refractivity contribution in [2.75, 3.05) is 56.7 Å². The summed E-state index contributed by atoms with van der Waals surface area (Å²) in [6.07, 6.45) is 5.29. The molecular formula is C48H52ClN5O6. The number of likely N-dealkylation sites (tertiary alicyclic amines) is 1. The summed E-state index contributed by atoms with van der Waals surface area (Å²) in [5, 5.41) is 16.1. The molecule has 3 saturated heterocycles. The number of alkyl halides is 1. The lowest BCUT2D eigenvalue weighted by atomic mass is 9.88. The number of anilines is 1. The number of carbonyl (C=O) groups is 4. The number of phenols is 1. The highest BCUT2D eigenvalue weighted by Crippen LogP contribution is 2.36. The monoisotopic (exact) mass is 829 g/mol. The van der Waals surface area contributed by atoms with Gasteiger partial charge in [-0.15, -0.1) is 11.6 Å². The van der Waals surface area contributed by atoms with Crippen LogP contribution in [0.4, 0.5) is 5.69 Å². The van der Waals surface area contributed by atoms with Crippen LogP contribution in [0.15, 0.2) is 97.1 Å². The van der Waals surface area contributed by atoms with Gasteiger partial charge in [0, 0.05) is 43.7 Å². The van der Waals surface area contributed by atoms with Crippen molar-refractivity contribution >= 4 is 52.1 Å². The normalized spacial score (nSPS) is 20.6. The number of halogens is 1. The number of carbonyl (C=O) groups excluding carboxylic acids is 4. The standard InChI is InChI=1S/C48H52ClN5O6/c49-23-20-40(33-5-2-1-3-6-33)45(34-8-13-38(55)14-9-34)35-10-15-39(16-11-35)60-28-27-52-25-21-32(22-26-52)30-50-36-7-4-24-53(31-36)37-12-17-41-42(29-37)48(59)54(47(41)58)43-18-19-44(56)51-46(43)57/h1-3,5-6,8-17,29,32,36,43,50,55H,4,7,18-28,30-31H2,(H,51,56,57)/t36-,43?/m1/s1. The van der Waals surface area contributed by atoms with E-state index in [1.54, 1.807) is 24.3 Å². The van der Waals surface area contributed by atoms with Crippen molar-refractivity contribution in [3.8, 4) is 11.5 Å². The smallest absolute Gasteiger partial charge is 0.262 e. The average Bonchev–Trinajstić information content (AvgIpc) is 3.52. The van der Waals surface area contributed by atoms with Gasteiger partial charge >= 0.3 is 0 Å². The van der Waals surface area contributed by atoms with Gasteiger partial charge in [0.2, 0.25) is 11.8 Å². The first-order valence-corrected chi connectivity index (χ1v) is 21.7. The molecule has 60 heavy (non-hydrogen) atoms. The number of fused-ring (bicyclic) bond motifs is 1. The summed E-state index contributed by atoms with van der Waals surface area (Å²) < 4.78 is 6.24. The Bertz CT molecular complexity index is 2220. The summed E-state index contributed by atoms with van der Waals surface area (Å²) in [6, 6.07) is 30.7. The van der Waals surface area contributed by atoms with Gasteiger partial charge in [-0.1, -0.05) is 54.6 Å². The van der Waals surface area contributed by atoms with Crippen LogP contribution in [-0.4, -0.2) is 102 Å². The van der Waals surface area contributed by atoms with E-state index in [1.807, 2.05) is 48.5 Å². The number of ether oxygens (including phenoxy) is 1. The molecule has 4 amide bonds. The molecule has 4 heterocycles. The van der Waals surface area contributed by atoms with E-state index in [2.05, 4.69) is 44.7 Å². The van der Waals surface area contributed by atoms with Gasteiger partial charge in [-0.2, -0.15) is 0 Å². The molecular weight excluding hydrogens is 778 g/mol. The molecule has 4 aromatic rings. The van der Waals surface area contributed by atoms with Crippen molar-refractivity contribution in [3.05, 3.63) is 125 Å². The van der Waals surface area contributed by atoms with Crippen LogP contribution in [0.1, 0.15) is 82.4 Å². The molecule has 11 nitrogen and oxygen atoms in total. The minimum absolute atomic E-state index is 0.0968. The van der Waals surface area contributed by atoms with Crippen molar-refractivity contribution in [2.45, 2.75) is 57.0 Å². The molecule has 8 rings (SSSR count). The third-order valence-electron chi connectivity index (χ3n) is 12.4. The van der Waals surface area contributed by atoms with Crippen molar-refractivity contribution < 1.29 is 29.0 Å². The van der Waals surface area contributed by atoms with Crippen molar-refractivity contribution in [1.29, 1.82) is 0 Å². The number of hydrogen-bond donors (Lipinski definition) is 3. The van der Waals surface area contributed by atoms with Crippen LogP contribution >= 0.6 is 11.6 Å². The molecule has 1 unspecified atom stereocenters. The molecule has 2 atom stereocenters. The third kappa shape index (κ3) is 9.28. The Hall–Kier alpha value is -5.49. The van der Waals surface area contributed by atoms with Crippen LogP contribution in [0.3, 0.4) is 0 Å². The second-order valence-electron chi connectivity index (χ2n) is 16.2. The molecule has 0 aliphatic carbocycles. The first kappa shape index (κ1) is 41.3. The van der Waals surface area contributed by atoms with Crippen LogP contribution in [0.25, 0.3) is 11.1 Å². The van der Waals surface area contributed by atoms with E-state index in [0.717, 1.165) is 109 Å². The highest BCUT2D eigenvalue weighted by atomic mass is 35.5. The number of imide groups is 2. The summed E-state index contributed by atoms with van der Waals surface area (Å²) >= 11 is 6.33. The maximum absolute atomic E-state index is 13.4. The Balaban J connectivity index is 0.798. The van der Waals surface area contributed by atoms with E-state index in [9.17, 15) is 24.3 Å². The second kappa shape index (κ2) is 18.8. The van der Waals surface area contributed by atoms with E-state index in [-0.39, 0.29) is 24.5 Å². The van der Waals surface area contributed by atoms with Gasteiger partial charge in [0.15, 0.2) is 0 Å². The zero-order chi connectivity index (χ0) is 41.6. The molecule has 0 aromatic heterocycles. The zero-order valence-electron chi connectivity index (χ0n) is 33.8. The first-order valence-electron chi connectivity index (χ1n) is 21.2. The van der Waals surface area contributed by atoms with Gasteiger partial charge in [-0.3, -0.25) is 34.3 Å². The van der Waals surface area contributed by atoms with Gasteiger partial charge in [0.05, 0.1) is 11.1 Å². The van der Waals surface area contributed by atoms with Crippen LogP contribution in [0.5, 0.6) is 11.5 Å². The largest absolute Gasteiger partial charge is 0.508 e. The van der Waals surface area contributed by atoms with E-state index < -0.39 is 23.8 Å². The fourth-order valence-electron chi connectivity index (χ4n) is 9.08. The molecule has 4 aliphatic heterocycles. The molecule has 4 aliphatic rings. The lowest BCUT2D eigenvalue weighted by molar-refractivity contribution is -0.136. The number of phenolic OH excluding ortho intramolecular Hbond substituents is 1. The predicted octanol–water partition coefficient (Wildman–Crippen LogP) is 6.73. The number of hydrogen-bond acceptors (Lipinski definition) is 9. The minimum atomic E-state index is -0.969. The highest BCUT2D eigenvalue weighted by molar-refractivity contribution is 6.23. The second-order valence-corrected chi connectivity index (χ2v) is 16.6. The number of rotatable bonds is 14. The van der Waals surface area contributed by atoms with Crippen molar-refractivity contribution in [2.24, 2.45) is 5.92 Å². The van der Waals surface area contributed by atoms with Gasteiger partial charge < -0.3 is 20.1 Å². The van der Waals surface area contributed by atoms with Crippen LogP contribution < -0.4 is 20.3 Å². The average molecular weight is 830 g/mol. The summed E-state index contributed by atoms with van der Waals surface area (Å²) in [4.78, 5) is 56.5. The van der Waals surface area contributed by atoms with E-state index in [0.29, 0.717) is 42.0 Å². The molecule has 4 aromatic carbocycles. The molecule has 12 heteroatoms. The molecule has 3 fully saturated rings. The Morgan fingerprint density at radius 3 is 2.23 bits per heavy atom. The SMILES string of the molecule is O=C1CCC(N2C(=O)c3ccc(N4CCC[C@@H](NCC5CCN(CCOc6ccc(C(=C(CCCl)c7ccccc7)c7ccc(O)cc7)cc6)CC5)C4)cc3C2=O)C(=O)N1. The number of nitrogens with zero attached hydrogens (tertiary/aromatic N) is 3. The molecule has 0 saturated carbocycles. The maximum atomic E-state index is 13.4. The number of piperidine rings is 3. The minimum Gasteiger partial charge on any atom is -0.508 e. The topological polar surface area (TPSA) is 132 Å². The Morgan fingerprint density at radius 2 is 1.52 bits per heavy atom. The Morgan fingerprint density at radius 1 is 0.800 bits per heavy atom. The first-order chi connectivity index (χ1) is 29.2. The van der Waals surface area contributed by atoms with Crippen LogP contribution in [0, 0.1) is 5.92 Å². The molecule has 312 valence electrons. The zero-order valence-corrected chi connectivity index (χ0v) is 34.5. The maximum Gasteiger partial charge on any atom is 0.262 e. The molecule has 3 N–H and O–H groups in total. The number of allylic oxidation sites excluding steroid dienone is 1. The van der Waals surface area contributed by atoms with Crippen molar-refractivity contribution in [1.82, 2.24) is 20.4 Å². The number of benzene rings is 4. The summed E-state index contributed by atoms with van der Waals surface area (Å²) in [5.41, 5.74) is 6.95. The van der Waals surface area contributed by atoms with Crippen LogP contribution in [0.2, 0.25) is 0 Å². The van der Waals surface area contributed by atoms with E-state index >= 15 is 0 Å². The number of aromatic hydroxyl groups is 1. The van der Waals surface area contributed by atoms with Crippen molar-refractivity contribution in [3.63, 3.8) is 0 Å². The fourth-order valence-corrected chi connectivity index (χ4v) is 9.27.